The first-order valence-electron chi connectivity index (χ1n) is 4.88. The lowest BCUT2D eigenvalue weighted by molar-refractivity contribution is 0.540. The minimum Gasteiger partial charge on any atom is -0.271 e. The number of benzene rings is 1. The Balaban J connectivity index is 2.42. The van der Waals surface area contributed by atoms with Gasteiger partial charge in [0.1, 0.15) is 18.0 Å². The molecule has 0 aliphatic rings. The van der Waals surface area contributed by atoms with Gasteiger partial charge < -0.3 is 0 Å². The molecule has 1 aromatic heterocycles. The number of aromatic nitrogens is 2. The molecule has 0 aliphatic carbocycles. The molecule has 17 heavy (non-hydrogen) atoms. The maximum Gasteiger partial charge on any atom is 0.131 e. The van der Waals surface area contributed by atoms with Gasteiger partial charge >= 0.3 is 0 Å². The van der Waals surface area contributed by atoms with Gasteiger partial charge in [-0.3, -0.25) is 5.84 Å². The number of halogens is 2. The number of nitrogens with one attached hydrogen (secondary N) is 1. The van der Waals surface area contributed by atoms with Crippen LogP contribution in [0.5, 0.6) is 0 Å². The van der Waals surface area contributed by atoms with Crippen LogP contribution in [0, 0.1) is 11.6 Å². The topological polar surface area (TPSA) is 63.8 Å². The molecule has 2 rings (SSSR count). The Bertz CT molecular complexity index is 504. The zero-order chi connectivity index (χ0) is 12.3. The second kappa shape index (κ2) is 4.94. The molecule has 1 unspecified atom stereocenters. The highest BCUT2D eigenvalue weighted by Gasteiger charge is 2.17. The first kappa shape index (κ1) is 11.6. The van der Waals surface area contributed by atoms with Gasteiger partial charge in [0, 0.05) is 29.6 Å². The Labute approximate surface area is 96.5 Å². The quantitative estimate of drug-likeness (QED) is 0.623. The second-order valence-electron chi connectivity index (χ2n) is 3.44. The molecule has 1 aromatic carbocycles. The number of nitrogens with zero attached hydrogens (tertiary/aromatic N) is 2. The fourth-order valence-corrected chi connectivity index (χ4v) is 1.56. The van der Waals surface area contributed by atoms with Crippen LogP contribution in [0.3, 0.4) is 0 Å². The van der Waals surface area contributed by atoms with Crippen LogP contribution in [0.1, 0.15) is 17.2 Å². The summed E-state index contributed by atoms with van der Waals surface area (Å²) in [4.78, 5) is 7.65. The highest BCUT2D eigenvalue weighted by molar-refractivity contribution is 5.30. The third kappa shape index (κ3) is 2.43. The molecule has 88 valence electrons. The molecule has 0 amide bonds. The first-order chi connectivity index (χ1) is 8.22. The molecule has 3 N–H and O–H groups in total. The Morgan fingerprint density at radius 2 is 1.88 bits per heavy atom. The van der Waals surface area contributed by atoms with Crippen LogP contribution < -0.4 is 11.3 Å². The average molecular weight is 236 g/mol. The van der Waals surface area contributed by atoms with Crippen LogP contribution in [0.25, 0.3) is 0 Å². The maximum atomic E-state index is 13.6. The molecule has 0 saturated carbocycles. The summed E-state index contributed by atoms with van der Waals surface area (Å²) in [6, 6.07) is 2.70. The van der Waals surface area contributed by atoms with E-state index in [2.05, 4.69) is 15.4 Å². The number of hydrazine groups is 1. The van der Waals surface area contributed by atoms with Crippen molar-refractivity contribution in [2.24, 2.45) is 5.84 Å². The zero-order valence-electron chi connectivity index (χ0n) is 8.77. The van der Waals surface area contributed by atoms with Crippen molar-refractivity contribution in [3.8, 4) is 0 Å². The summed E-state index contributed by atoms with van der Waals surface area (Å²) >= 11 is 0. The maximum absolute atomic E-state index is 13.6. The summed E-state index contributed by atoms with van der Waals surface area (Å²) in [7, 11) is 0. The molecule has 0 radical (unpaired) electrons. The number of hydrogen-bond acceptors (Lipinski definition) is 4. The van der Waals surface area contributed by atoms with E-state index in [9.17, 15) is 8.78 Å². The smallest absolute Gasteiger partial charge is 0.131 e. The normalized spacial score (nSPS) is 12.4. The van der Waals surface area contributed by atoms with E-state index in [1.54, 1.807) is 0 Å². The highest BCUT2D eigenvalue weighted by atomic mass is 19.1. The number of nitrogens with two attached hydrogens (primary N) is 1. The van der Waals surface area contributed by atoms with Gasteiger partial charge in [-0.2, -0.15) is 0 Å². The van der Waals surface area contributed by atoms with Crippen LogP contribution in [-0.2, 0) is 0 Å². The lowest BCUT2D eigenvalue weighted by Crippen LogP contribution is -2.29. The van der Waals surface area contributed by atoms with E-state index in [4.69, 9.17) is 5.84 Å². The largest absolute Gasteiger partial charge is 0.271 e. The minimum absolute atomic E-state index is 0.240. The third-order valence-corrected chi connectivity index (χ3v) is 2.35. The molecule has 2 aromatic rings. The van der Waals surface area contributed by atoms with Crippen molar-refractivity contribution in [3.05, 3.63) is 59.7 Å². The Morgan fingerprint density at radius 1 is 1.18 bits per heavy atom. The molecular weight excluding hydrogens is 226 g/mol. The van der Waals surface area contributed by atoms with Crippen LogP contribution in [0.4, 0.5) is 8.78 Å². The van der Waals surface area contributed by atoms with E-state index >= 15 is 0 Å². The monoisotopic (exact) mass is 236 g/mol. The summed E-state index contributed by atoms with van der Waals surface area (Å²) < 4.78 is 26.4. The van der Waals surface area contributed by atoms with Crippen molar-refractivity contribution in [1.29, 1.82) is 0 Å². The van der Waals surface area contributed by atoms with E-state index in [0.29, 0.717) is 5.56 Å². The summed E-state index contributed by atoms with van der Waals surface area (Å²) in [6.07, 6.45) is 4.39. The van der Waals surface area contributed by atoms with Crippen molar-refractivity contribution in [2.75, 3.05) is 0 Å². The average Bonchev–Trinajstić information content (AvgIpc) is 2.34. The van der Waals surface area contributed by atoms with Crippen LogP contribution in [-0.4, -0.2) is 9.97 Å². The lowest BCUT2D eigenvalue weighted by atomic mass is 10.0. The number of hydrogen-bond donors (Lipinski definition) is 2. The molecule has 6 heteroatoms. The Hall–Kier alpha value is -1.92. The highest BCUT2D eigenvalue weighted by Crippen LogP contribution is 2.23. The first-order valence-corrected chi connectivity index (χ1v) is 4.88. The van der Waals surface area contributed by atoms with Gasteiger partial charge in [-0.1, -0.05) is 6.07 Å². The van der Waals surface area contributed by atoms with E-state index < -0.39 is 17.7 Å². The predicted octanol–water partition coefficient (Wildman–Crippen LogP) is 1.31. The van der Waals surface area contributed by atoms with Crippen molar-refractivity contribution in [2.45, 2.75) is 6.04 Å². The van der Waals surface area contributed by atoms with E-state index in [1.165, 1.54) is 30.9 Å². The molecule has 0 spiro atoms. The molecule has 0 aliphatic heterocycles. The summed E-state index contributed by atoms with van der Waals surface area (Å²) in [6.45, 7) is 0. The van der Waals surface area contributed by atoms with Gasteiger partial charge in [0.05, 0.1) is 6.04 Å². The molecule has 0 saturated heterocycles. The van der Waals surface area contributed by atoms with Crippen LogP contribution in [0.2, 0.25) is 0 Å². The predicted molar refractivity (Wildman–Crippen MR) is 57.6 cm³/mol. The van der Waals surface area contributed by atoms with Gasteiger partial charge in [-0.25, -0.2) is 24.2 Å². The molecular formula is C11H10F2N4. The Morgan fingerprint density at radius 3 is 2.47 bits per heavy atom. The second-order valence-corrected chi connectivity index (χ2v) is 3.44. The molecule has 4 nitrogen and oxygen atoms in total. The minimum atomic E-state index is -0.670. The van der Waals surface area contributed by atoms with E-state index in [-0.39, 0.29) is 5.56 Å². The van der Waals surface area contributed by atoms with Gasteiger partial charge in [0.15, 0.2) is 0 Å². The van der Waals surface area contributed by atoms with Gasteiger partial charge in [0.25, 0.3) is 0 Å². The third-order valence-electron chi connectivity index (χ3n) is 2.35. The fraction of sp³-hybridized carbons (Fsp3) is 0.0909. The van der Waals surface area contributed by atoms with Crippen LogP contribution >= 0.6 is 0 Å². The SMILES string of the molecule is NNC(c1cncnc1)c1ccc(F)cc1F. The molecule has 1 heterocycles. The van der Waals surface area contributed by atoms with E-state index in [1.807, 2.05) is 0 Å². The Kier molecular flexibility index (Phi) is 3.36. The van der Waals surface area contributed by atoms with Gasteiger partial charge in [-0.15, -0.1) is 0 Å². The van der Waals surface area contributed by atoms with Crippen molar-refractivity contribution in [3.63, 3.8) is 0 Å². The number of rotatable bonds is 3. The van der Waals surface area contributed by atoms with Gasteiger partial charge in [0.2, 0.25) is 0 Å². The molecule has 0 bridgehead atoms. The summed E-state index contributed by atoms with van der Waals surface area (Å²) in [5, 5.41) is 0. The van der Waals surface area contributed by atoms with Crippen molar-refractivity contribution >= 4 is 0 Å². The van der Waals surface area contributed by atoms with Crippen molar-refractivity contribution in [1.82, 2.24) is 15.4 Å². The summed E-state index contributed by atoms with van der Waals surface area (Å²) in [5.74, 6) is 4.08. The molecule has 1 atom stereocenters. The molecule has 0 fully saturated rings. The van der Waals surface area contributed by atoms with Crippen molar-refractivity contribution < 1.29 is 8.78 Å². The van der Waals surface area contributed by atoms with Crippen LogP contribution in [0.15, 0.2) is 36.9 Å². The zero-order valence-corrected chi connectivity index (χ0v) is 8.77. The lowest BCUT2D eigenvalue weighted by Gasteiger charge is -2.16. The summed E-state index contributed by atoms with van der Waals surface area (Å²) in [5.41, 5.74) is 3.29. The standard InChI is InChI=1S/C11H10F2N4/c12-8-1-2-9(10(13)3-8)11(17-14)7-4-15-6-16-5-7/h1-6,11,17H,14H2. The van der Waals surface area contributed by atoms with Gasteiger partial charge in [-0.05, 0) is 6.07 Å². The fourth-order valence-electron chi connectivity index (χ4n) is 1.56. The van der Waals surface area contributed by atoms with E-state index in [0.717, 1.165) is 6.07 Å².